The zero-order chi connectivity index (χ0) is 17.1. The van der Waals surface area contributed by atoms with Crippen LogP contribution in [0.5, 0.6) is 0 Å². The Hall–Kier alpha value is -0.960. The van der Waals surface area contributed by atoms with Gasteiger partial charge in [-0.1, -0.05) is 83.4 Å². The van der Waals surface area contributed by atoms with Gasteiger partial charge in [0, 0.05) is 6.42 Å². The van der Waals surface area contributed by atoms with Gasteiger partial charge in [0.15, 0.2) is 0 Å². The fourth-order valence-corrected chi connectivity index (χ4v) is 3.01. The van der Waals surface area contributed by atoms with Gasteiger partial charge in [0.2, 0.25) is 0 Å². The topological polar surface area (TPSA) is 26.3 Å². The Labute approximate surface area is 170 Å². The summed E-state index contributed by atoms with van der Waals surface area (Å²) >= 11 is 3.92. The first-order valence-electron chi connectivity index (χ1n) is 7.87. The Kier molecular flexibility index (Phi) is 15.6. The van der Waals surface area contributed by atoms with Crippen molar-refractivity contribution in [3.63, 3.8) is 0 Å². The quantitative estimate of drug-likeness (QED) is 0.329. The number of hydrogen-bond donors (Lipinski definition) is 1. The molecule has 0 saturated heterocycles. The van der Waals surface area contributed by atoms with E-state index in [9.17, 15) is 4.79 Å². The molecular weight excluding hydrogens is 340 g/mol. The van der Waals surface area contributed by atoms with Gasteiger partial charge in [0.1, 0.15) is 5.94 Å². The van der Waals surface area contributed by atoms with E-state index in [1.54, 1.807) is 0 Å². The minimum atomic E-state index is -0.190. The van der Waals surface area contributed by atoms with Crippen LogP contribution in [0.25, 0.3) is 0 Å². The number of rotatable bonds is 4. The first-order chi connectivity index (χ1) is 9.96. The predicted octanol–water partition coefficient (Wildman–Crippen LogP) is 7.50. The molecule has 156 valence electrons. The van der Waals surface area contributed by atoms with Crippen LogP contribution in [0.1, 0.15) is 99.9 Å². The number of hydrogen-bond acceptors (Lipinski definition) is 3. The lowest BCUT2D eigenvalue weighted by molar-refractivity contribution is -0.141. The first-order valence-corrected chi connectivity index (χ1v) is 8.51. The Morgan fingerprint density at radius 2 is 1.31 bits per heavy atom. The summed E-state index contributed by atoms with van der Waals surface area (Å²) in [5.41, 5.74) is 5.46. The van der Waals surface area contributed by atoms with E-state index in [1.165, 1.54) is 22.3 Å². The average Bonchev–Trinajstić information content (AvgIpc) is 2.35. The summed E-state index contributed by atoms with van der Waals surface area (Å²) < 4.78 is 4.91. The maximum Gasteiger partial charge on any atom is 0.306 e. The zero-order valence-electron chi connectivity index (χ0n) is 15.0. The summed E-state index contributed by atoms with van der Waals surface area (Å²) in [7, 11) is 0. The van der Waals surface area contributed by atoms with Gasteiger partial charge < -0.3 is 4.74 Å². The van der Waals surface area contributed by atoms with Crippen molar-refractivity contribution in [2.24, 2.45) is 0 Å². The van der Waals surface area contributed by atoms with E-state index < -0.39 is 0 Å². The number of carbonyl (C=O) groups is 1. The van der Waals surface area contributed by atoms with Gasteiger partial charge in [-0.25, -0.2) is 0 Å². The predicted molar refractivity (Wildman–Crippen MR) is 124 cm³/mol. The molecule has 0 radical (unpaired) electrons. The number of esters is 1. The molecule has 0 aliphatic carbocycles. The molecule has 0 atom stereocenters. The van der Waals surface area contributed by atoms with Gasteiger partial charge in [-0.3, -0.25) is 4.79 Å². The van der Waals surface area contributed by atoms with E-state index >= 15 is 0 Å². The van der Waals surface area contributed by atoms with Crippen molar-refractivity contribution in [2.75, 3.05) is 5.94 Å². The third-order valence-corrected chi connectivity index (χ3v) is 4.06. The van der Waals surface area contributed by atoms with Gasteiger partial charge in [0.25, 0.3) is 0 Å². The molecule has 0 aromatic heterocycles. The zero-order valence-corrected chi connectivity index (χ0v) is 15.9. The van der Waals surface area contributed by atoms with Crippen LogP contribution in [0, 0.1) is 6.92 Å². The fraction of sp³-hybridized carbons (Fsp3) is 0.696. The molecule has 2 nitrogen and oxygen atoms in total. The fourth-order valence-electron chi connectivity index (χ4n) is 2.87. The molecule has 1 aromatic carbocycles. The van der Waals surface area contributed by atoms with Crippen LogP contribution in [0.3, 0.4) is 0 Å². The maximum absolute atomic E-state index is 11.6. The molecule has 3 heteroatoms. The molecule has 0 N–H and O–H groups in total. The standard InChI is InChI=1S/C19H30O2S.4CH4/c1-13-15(18(2,3)4)10-14(8-9-17(20)21-12-22)11-16(13)19(5,6)7;;;;/h10-11,22H,8-9,12H2,1-7H3;4*1H4. The Bertz CT molecular complexity index is 499. The molecule has 0 saturated carbocycles. The third-order valence-electron chi connectivity index (χ3n) is 3.93. The highest BCUT2D eigenvalue weighted by molar-refractivity contribution is 7.80. The van der Waals surface area contributed by atoms with Crippen LogP contribution in [0.4, 0.5) is 0 Å². The monoisotopic (exact) mass is 386 g/mol. The number of benzene rings is 1. The lowest BCUT2D eigenvalue weighted by Crippen LogP contribution is -2.20. The van der Waals surface area contributed by atoms with Crippen molar-refractivity contribution in [1.82, 2.24) is 0 Å². The lowest BCUT2D eigenvalue weighted by atomic mass is 9.75. The Morgan fingerprint density at radius 1 is 0.923 bits per heavy atom. The van der Waals surface area contributed by atoms with E-state index in [1.807, 2.05) is 0 Å². The van der Waals surface area contributed by atoms with Gasteiger partial charge >= 0.3 is 5.97 Å². The van der Waals surface area contributed by atoms with Crippen LogP contribution in [0.15, 0.2) is 12.1 Å². The maximum atomic E-state index is 11.6. The molecule has 0 aliphatic rings. The summed E-state index contributed by atoms with van der Waals surface area (Å²) in [4.78, 5) is 11.6. The molecule has 0 spiro atoms. The second-order valence-corrected chi connectivity index (χ2v) is 8.22. The average molecular weight is 387 g/mol. The van der Waals surface area contributed by atoms with Crippen molar-refractivity contribution >= 4 is 18.6 Å². The van der Waals surface area contributed by atoms with Crippen LogP contribution in [-0.2, 0) is 26.8 Å². The molecule has 0 bridgehead atoms. The highest BCUT2D eigenvalue weighted by Gasteiger charge is 2.24. The minimum absolute atomic E-state index is 0. The van der Waals surface area contributed by atoms with Crippen LogP contribution < -0.4 is 0 Å². The SMILES string of the molecule is C.C.C.C.Cc1c(C(C)(C)C)cc(CCC(=O)OCS)cc1C(C)(C)C. The van der Waals surface area contributed by atoms with E-state index in [0.29, 0.717) is 12.8 Å². The molecular formula is C23H46O2S. The van der Waals surface area contributed by atoms with E-state index in [0.717, 1.165) is 0 Å². The van der Waals surface area contributed by atoms with Crippen LogP contribution in [-0.4, -0.2) is 11.9 Å². The molecule has 1 rings (SSSR count). The molecule has 1 aromatic rings. The van der Waals surface area contributed by atoms with Crippen LogP contribution in [0.2, 0.25) is 0 Å². The lowest BCUT2D eigenvalue weighted by Gasteiger charge is -2.30. The Morgan fingerprint density at radius 3 is 1.62 bits per heavy atom. The van der Waals surface area contributed by atoms with Crippen molar-refractivity contribution in [1.29, 1.82) is 0 Å². The van der Waals surface area contributed by atoms with Crippen molar-refractivity contribution in [2.45, 2.75) is 102 Å². The van der Waals surface area contributed by atoms with Crippen molar-refractivity contribution in [3.05, 3.63) is 34.4 Å². The summed E-state index contributed by atoms with van der Waals surface area (Å²) in [5, 5.41) is 0. The smallest absolute Gasteiger partial charge is 0.306 e. The molecule has 26 heavy (non-hydrogen) atoms. The first kappa shape index (κ1) is 32.7. The van der Waals surface area contributed by atoms with Gasteiger partial charge in [-0.2, -0.15) is 0 Å². The summed E-state index contributed by atoms with van der Waals surface area (Å²) in [6.45, 7) is 15.6. The number of ether oxygens (including phenoxy) is 1. The van der Waals surface area contributed by atoms with E-state index in [-0.39, 0.29) is 52.4 Å². The third kappa shape index (κ3) is 9.12. The van der Waals surface area contributed by atoms with Crippen LogP contribution >= 0.6 is 12.6 Å². The Balaban J connectivity index is -0.000000605. The molecule has 0 aliphatic heterocycles. The number of aryl methyl sites for hydroxylation is 1. The largest absolute Gasteiger partial charge is 0.455 e. The van der Waals surface area contributed by atoms with Gasteiger partial charge in [-0.05, 0) is 46.4 Å². The molecule has 0 amide bonds. The summed E-state index contributed by atoms with van der Waals surface area (Å²) in [6.07, 6.45) is 1.11. The van der Waals surface area contributed by atoms with Gasteiger partial charge in [-0.15, -0.1) is 12.6 Å². The van der Waals surface area contributed by atoms with E-state index in [2.05, 4.69) is 73.2 Å². The highest BCUT2D eigenvalue weighted by atomic mass is 32.1. The highest BCUT2D eigenvalue weighted by Crippen LogP contribution is 2.34. The summed E-state index contributed by atoms with van der Waals surface area (Å²) in [5.74, 6) is -0.0436. The van der Waals surface area contributed by atoms with Crippen molar-refractivity contribution < 1.29 is 9.53 Å². The molecule has 0 heterocycles. The molecule has 0 fully saturated rings. The second-order valence-electron chi connectivity index (χ2n) is 7.96. The number of carbonyl (C=O) groups excluding carboxylic acids is 1. The van der Waals surface area contributed by atoms with Crippen molar-refractivity contribution in [3.8, 4) is 0 Å². The summed E-state index contributed by atoms with van der Waals surface area (Å²) in [6, 6.07) is 4.50. The molecule has 0 unspecified atom stereocenters. The number of thiol groups is 1. The normalized spacial score (nSPS) is 10.5. The van der Waals surface area contributed by atoms with Gasteiger partial charge in [0.05, 0.1) is 0 Å². The van der Waals surface area contributed by atoms with E-state index in [4.69, 9.17) is 4.74 Å². The minimum Gasteiger partial charge on any atom is -0.455 e. The second kappa shape index (κ2) is 12.4.